The predicted octanol–water partition coefficient (Wildman–Crippen LogP) is 3.96. The fourth-order valence-electron chi connectivity index (χ4n) is 2.97. The molecular weight excluding hydrogens is 362 g/mol. The minimum atomic E-state index is -0.542. The van der Waals surface area contributed by atoms with E-state index >= 15 is 0 Å². The third kappa shape index (κ3) is 6.21. The number of rotatable bonds is 8. The van der Waals surface area contributed by atoms with E-state index in [1.54, 1.807) is 11.3 Å². The fourth-order valence-corrected chi connectivity index (χ4v) is 3.90. The predicted molar refractivity (Wildman–Crippen MR) is 107 cm³/mol. The molecule has 1 aliphatic heterocycles. The van der Waals surface area contributed by atoms with Gasteiger partial charge in [-0.1, -0.05) is 6.07 Å². The van der Waals surface area contributed by atoms with Crippen molar-refractivity contribution in [2.24, 2.45) is 0 Å². The SMILES string of the molecule is Cc1ccc(CN(Cc2ccc3c(c2)OCO3)CC(O)COC(C)(C)C)s1. The number of aryl methyl sites for hydroxylation is 1. The zero-order valence-corrected chi connectivity index (χ0v) is 17.3. The smallest absolute Gasteiger partial charge is 0.231 e. The molecule has 2 aromatic rings. The first-order valence-electron chi connectivity index (χ1n) is 9.27. The van der Waals surface area contributed by atoms with Gasteiger partial charge in [-0.2, -0.15) is 0 Å². The first-order valence-corrected chi connectivity index (χ1v) is 10.1. The van der Waals surface area contributed by atoms with Crippen molar-refractivity contribution in [3.05, 3.63) is 45.6 Å². The van der Waals surface area contributed by atoms with Crippen molar-refractivity contribution in [1.82, 2.24) is 4.90 Å². The maximum absolute atomic E-state index is 10.5. The Kier molecular flexibility index (Phi) is 6.42. The summed E-state index contributed by atoms with van der Waals surface area (Å²) in [6.07, 6.45) is -0.542. The molecule has 0 fully saturated rings. The van der Waals surface area contributed by atoms with Gasteiger partial charge in [0.1, 0.15) is 0 Å². The van der Waals surface area contributed by atoms with E-state index in [0.29, 0.717) is 13.2 Å². The van der Waals surface area contributed by atoms with Crippen molar-refractivity contribution >= 4 is 11.3 Å². The normalized spacial score (nSPS) is 14.7. The molecule has 0 spiro atoms. The van der Waals surface area contributed by atoms with Crippen LogP contribution in [0.25, 0.3) is 0 Å². The van der Waals surface area contributed by atoms with Crippen molar-refractivity contribution in [3.63, 3.8) is 0 Å². The standard InChI is InChI=1S/C21H29NO4S/c1-15-5-7-18(27-15)12-22(11-17(23)13-26-21(2,3)4)10-16-6-8-19-20(9-16)25-14-24-19/h5-9,17,23H,10-14H2,1-4H3. The van der Waals surface area contributed by atoms with Gasteiger partial charge in [0.2, 0.25) is 6.79 Å². The molecule has 27 heavy (non-hydrogen) atoms. The van der Waals surface area contributed by atoms with Gasteiger partial charge in [-0.15, -0.1) is 11.3 Å². The number of fused-ring (bicyclic) bond motifs is 1. The Hall–Kier alpha value is -1.60. The highest BCUT2D eigenvalue weighted by Crippen LogP contribution is 2.33. The van der Waals surface area contributed by atoms with Gasteiger partial charge in [0, 0.05) is 29.4 Å². The minimum Gasteiger partial charge on any atom is -0.454 e. The van der Waals surface area contributed by atoms with Crippen LogP contribution in [-0.4, -0.2) is 41.7 Å². The van der Waals surface area contributed by atoms with Gasteiger partial charge in [-0.25, -0.2) is 0 Å². The third-order valence-electron chi connectivity index (χ3n) is 4.20. The number of ether oxygens (including phenoxy) is 3. The van der Waals surface area contributed by atoms with Gasteiger partial charge in [0.25, 0.3) is 0 Å². The van der Waals surface area contributed by atoms with Crippen molar-refractivity contribution < 1.29 is 19.3 Å². The lowest BCUT2D eigenvalue weighted by Gasteiger charge is -2.27. The van der Waals surface area contributed by atoms with Crippen LogP contribution < -0.4 is 9.47 Å². The maximum Gasteiger partial charge on any atom is 0.231 e. The third-order valence-corrected chi connectivity index (χ3v) is 5.18. The zero-order valence-electron chi connectivity index (χ0n) is 16.5. The Morgan fingerprint density at radius 1 is 1.15 bits per heavy atom. The molecule has 0 saturated heterocycles. The lowest BCUT2D eigenvalue weighted by Crippen LogP contribution is -2.36. The molecule has 1 aliphatic rings. The second-order valence-corrected chi connectivity index (χ2v) is 9.32. The fraction of sp³-hybridized carbons (Fsp3) is 0.524. The van der Waals surface area contributed by atoms with Crippen LogP contribution >= 0.6 is 11.3 Å². The summed E-state index contributed by atoms with van der Waals surface area (Å²) < 4.78 is 16.6. The molecule has 0 bridgehead atoms. The monoisotopic (exact) mass is 391 g/mol. The van der Waals surface area contributed by atoms with Gasteiger partial charge in [0.05, 0.1) is 18.3 Å². The lowest BCUT2D eigenvalue weighted by molar-refractivity contribution is -0.0572. The summed E-state index contributed by atoms with van der Waals surface area (Å²) in [7, 11) is 0. The van der Waals surface area contributed by atoms with E-state index < -0.39 is 6.10 Å². The van der Waals surface area contributed by atoms with Crippen LogP contribution in [0.3, 0.4) is 0 Å². The van der Waals surface area contributed by atoms with E-state index in [1.165, 1.54) is 9.75 Å². The van der Waals surface area contributed by atoms with Gasteiger partial charge in [-0.3, -0.25) is 4.90 Å². The highest BCUT2D eigenvalue weighted by atomic mass is 32.1. The van der Waals surface area contributed by atoms with Gasteiger partial charge >= 0.3 is 0 Å². The molecule has 148 valence electrons. The van der Waals surface area contributed by atoms with Crippen LogP contribution in [0.15, 0.2) is 30.3 Å². The summed E-state index contributed by atoms with van der Waals surface area (Å²) in [5, 5.41) is 10.5. The molecule has 6 heteroatoms. The number of hydrogen-bond acceptors (Lipinski definition) is 6. The van der Waals surface area contributed by atoms with Crippen LogP contribution in [0.4, 0.5) is 0 Å². The molecule has 3 rings (SSSR count). The number of aliphatic hydroxyl groups excluding tert-OH is 1. The molecule has 0 radical (unpaired) electrons. The molecule has 1 N–H and O–H groups in total. The second kappa shape index (κ2) is 8.61. The average Bonchev–Trinajstić information content (AvgIpc) is 3.20. The Balaban J connectivity index is 1.67. The molecule has 0 aliphatic carbocycles. The van der Waals surface area contributed by atoms with Crippen molar-refractivity contribution in [1.29, 1.82) is 0 Å². The molecule has 1 aromatic carbocycles. The molecule has 2 heterocycles. The van der Waals surface area contributed by atoms with E-state index in [0.717, 1.165) is 30.2 Å². The van der Waals surface area contributed by atoms with E-state index in [2.05, 4.69) is 30.0 Å². The van der Waals surface area contributed by atoms with Gasteiger partial charge in [0.15, 0.2) is 11.5 Å². The zero-order chi connectivity index (χ0) is 19.4. The topological polar surface area (TPSA) is 51.2 Å². The largest absolute Gasteiger partial charge is 0.454 e. The lowest BCUT2D eigenvalue weighted by atomic mass is 10.1. The van der Waals surface area contributed by atoms with Crippen LogP contribution in [0.5, 0.6) is 11.5 Å². The van der Waals surface area contributed by atoms with E-state index in [4.69, 9.17) is 14.2 Å². The number of hydrogen-bond donors (Lipinski definition) is 1. The van der Waals surface area contributed by atoms with Crippen molar-refractivity contribution in [3.8, 4) is 11.5 Å². The molecule has 5 nitrogen and oxygen atoms in total. The number of aliphatic hydroxyl groups is 1. The van der Waals surface area contributed by atoms with E-state index in [-0.39, 0.29) is 12.4 Å². The Morgan fingerprint density at radius 2 is 1.93 bits per heavy atom. The Morgan fingerprint density at radius 3 is 2.63 bits per heavy atom. The summed E-state index contributed by atoms with van der Waals surface area (Å²) in [6, 6.07) is 10.3. The van der Waals surface area contributed by atoms with Crippen LogP contribution in [0, 0.1) is 6.92 Å². The van der Waals surface area contributed by atoms with Gasteiger partial charge < -0.3 is 19.3 Å². The summed E-state index contributed by atoms with van der Waals surface area (Å²) in [4.78, 5) is 4.83. The summed E-state index contributed by atoms with van der Waals surface area (Å²) in [5.74, 6) is 1.58. The van der Waals surface area contributed by atoms with Crippen LogP contribution in [-0.2, 0) is 17.8 Å². The summed E-state index contributed by atoms with van der Waals surface area (Å²) in [6.45, 7) is 10.8. The first kappa shape index (κ1) is 20.1. The van der Waals surface area contributed by atoms with Crippen LogP contribution in [0.2, 0.25) is 0 Å². The molecule has 0 amide bonds. The van der Waals surface area contributed by atoms with Gasteiger partial charge in [-0.05, 0) is 57.5 Å². The molecule has 1 atom stereocenters. The summed E-state index contributed by atoms with van der Waals surface area (Å²) in [5.41, 5.74) is 0.880. The molecule has 1 aromatic heterocycles. The van der Waals surface area contributed by atoms with E-state index in [9.17, 15) is 5.11 Å². The molecular formula is C21H29NO4S. The second-order valence-electron chi connectivity index (χ2n) is 7.95. The number of thiophene rings is 1. The highest BCUT2D eigenvalue weighted by Gasteiger charge is 2.19. The van der Waals surface area contributed by atoms with Crippen molar-refractivity contribution in [2.75, 3.05) is 19.9 Å². The minimum absolute atomic E-state index is 0.256. The molecule has 0 saturated carbocycles. The number of benzene rings is 1. The highest BCUT2D eigenvalue weighted by molar-refractivity contribution is 7.11. The maximum atomic E-state index is 10.5. The molecule has 1 unspecified atom stereocenters. The summed E-state index contributed by atoms with van der Waals surface area (Å²) >= 11 is 1.79. The van der Waals surface area contributed by atoms with Crippen molar-refractivity contribution in [2.45, 2.75) is 52.5 Å². The van der Waals surface area contributed by atoms with E-state index in [1.807, 2.05) is 32.9 Å². The quantitative estimate of drug-likeness (QED) is 0.738. The Bertz CT molecular complexity index is 753. The first-order chi connectivity index (χ1) is 12.8. The number of nitrogens with zero attached hydrogens (tertiary/aromatic N) is 1. The average molecular weight is 392 g/mol. The van der Waals surface area contributed by atoms with Crippen LogP contribution in [0.1, 0.15) is 36.1 Å². The Labute approximate surface area is 165 Å².